The van der Waals surface area contributed by atoms with E-state index >= 15 is 0 Å². The molecular formula is C13H23N5Si. The lowest BCUT2D eigenvalue weighted by Gasteiger charge is -2.15. The van der Waals surface area contributed by atoms with Gasteiger partial charge in [-0.25, -0.2) is 9.97 Å². The molecule has 0 saturated heterocycles. The van der Waals surface area contributed by atoms with E-state index in [1.165, 1.54) is 12.5 Å². The number of hydrogen-bond acceptors (Lipinski definition) is 4. The zero-order valence-electron chi connectivity index (χ0n) is 12.5. The quantitative estimate of drug-likeness (QED) is 0.674. The fourth-order valence-electron chi connectivity index (χ4n) is 2.09. The number of nitrogens with zero attached hydrogens (tertiary/aromatic N) is 4. The Morgan fingerprint density at radius 1 is 1.26 bits per heavy atom. The van der Waals surface area contributed by atoms with E-state index in [9.17, 15) is 0 Å². The Morgan fingerprint density at radius 3 is 2.68 bits per heavy atom. The van der Waals surface area contributed by atoms with Crippen LogP contribution in [-0.4, -0.2) is 34.4 Å². The zero-order chi connectivity index (χ0) is 14.0. The lowest BCUT2D eigenvalue weighted by Crippen LogP contribution is -2.20. The molecule has 2 aromatic rings. The van der Waals surface area contributed by atoms with Crippen molar-refractivity contribution in [2.45, 2.75) is 39.0 Å². The second-order valence-corrected chi connectivity index (χ2v) is 11.8. The molecule has 0 aliphatic carbocycles. The van der Waals surface area contributed by atoms with Gasteiger partial charge in [-0.1, -0.05) is 25.7 Å². The predicted octanol–water partition coefficient (Wildman–Crippen LogP) is 2.81. The summed E-state index contributed by atoms with van der Waals surface area (Å²) in [6.07, 6.45) is 3.02. The minimum absolute atomic E-state index is 0.781. The van der Waals surface area contributed by atoms with Gasteiger partial charge in [0, 0.05) is 21.7 Å². The molecule has 0 aromatic carbocycles. The van der Waals surface area contributed by atoms with Crippen molar-refractivity contribution in [2.75, 3.05) is 11.9 Å². The standard InChI is InChI=1S/C13H23N5Si/c1-10-16-12(14-7-6-8-19(3,4)5)11-9-15-18(2)13(11)17-10/h9H,6-8H2,1-5H3,(H,14,16,17). The van der Waals surface area contributed by atoms with Crippen LogP contribution in [0.2, 0.25) is 25.7 Å². The minimum Gasteiger partial charge on any atom is -0.369 e. The third kappa shape index (κ3) is 3.53. The van der Waals surface area contributed by atoms with Gasteiger partial charge in [-0.2, -0.15) is 5.10 Å². The molecule has 1 N–H and O–H groups in total. The Bertz CT molecular complexity index is 570. The van der Waals surface area contributed by atoms with Crippen LogP contribution in [0.15, 0.2) is 6.20 Å². The molecule has 0 saturated carbocycles. The monoisotopic (exact) mass is 277 g/mol. The molecule has 0 aliphatic rings. The molecule has 0 atom stereocenters. The maximum Gasteiger partial charge on any atom is 0.163 e. The Kier molecular flexibility index (Phi) is 3.89. The average molecular weight is 277 g/mol. The number of anilines is 1. The molecule has 2 heterocycles. The molecule has 0 radical (unpaired) electrons. The Labute approximate surface area is 115 Å². The molecule has 0 fully saturated rings. The van der Waals surface area contributed by atoms with E-state index < -0.39 is 8.07 Å². The van der Waals surface area contributed by atoms with E-state index in [0.717, 1.165) is 29.2 Å². The van der Waals surface area contributed by atoms with Gasteiger partial charge in [-0.05, 0) is 13.3 Å². The van der Waals surface area contributed by atoms with Crippen molar-refractivity contribution >= 4 is 24.9 Å². The first-order chi connectivity index (χ1) is 8.87. The first-order valence-corrected chi connectivity index (χ1v) is 10.5. The zero-order valence-corrected chi connectivity index (χ0v) is 13.5. The normalized spacial score (nSPS) is 12.1. The van der Waals surface area contributed by atoms with Gasteiger partial charge in [0.1, 0.15) is 11.6 Å². The van der Waals surface area contributed by atoms with Crippen LogP contribution in [0.1, 0.15) is 12.2 Å². The van der Waals surface area contributed by atoms with Gasteiger partial charge in [0.05, 0.1) is 11.6 Å². The molecule has 5 nitrogen and oxygen atoms in total. The Morgan fingerprint density at radius 2 is 2.00 bits per heavy atom. The van der Waals surface area contributed by atoms with Crippen molar-refractivity contribution in [3.63, 3.8) is 0 Å². The average Bonchev–Trinajstić information content (AvgIpc) is 2.65. The molecule has 104 valence electrons. The maximum absolute atomic E-state index is 4.48. The highest BCUT2D eigenvalue weighted by Gasteiger charge is 2.13. The molecule has 6 heteroatoms. The highest BCUT2D eigenvalue weighted by atomic mass is 28.3. The van der Waals surface area contributed by atoms with Gasteiger partial charge >= 0.3 is 0 Å². The summed E-state index contributed by atoms with van der Waals surface area (Å²) in [4.78, 5) is 8.90. The summed E-state index contributed by atoms with van der Waals surface area (Å²) in [5.74, 6) is 1.69. The van der Waals surface area contributed by atoms with Gasteiger partial charge in [0.2, 0.25) is 0 Å². The first kappa shape index (κ1) is 14.0. The van der Waals surface area contributed by atoms with Gasteiger partial charge in [0.25, 0.3) is 0 Å². The first-order valence-electron chi connectivity index (χ1n) is 6.77. The van der Waals surface area contributed by atoms with Crippen LogP contribution in [-0.2, 0) is 7.05 Å². The summed E-state index contributed by atoms with van der Waals surface area (Å²) in [7, 11) is 0.961. The summed E-state index contributed by atoms with van der Waals surface area (Å²) in [5, 5.41) is 8.68. The van der Waals surface area contributed by atoms with Crippen LogP contribution in [0.4, 0.5) is 5.82 Å². The summed E-state index contributed by atoms with van der Waals surface area (Å²) >= 11 is 0. The Hall–Kier alpha value is -1.43. The molecule has 0 unspecified atom stereocenters. The molecule has 2 rings (SSSR count). The SMILES string of the molecule is Cc1nc(NCCC[Si](C)(C)C)c2cnn(C)c2n1. The number of aryl methyl sites for hydroxylation is 2. The van der Waals surface area contributed by atoms with Crippen LogP contribution >= 0.6 is 0 Å². The van der Waals surface area contributed by atoms with Crippen LogP contribution in [0.3, 0.4) is 0 Å². The van der Waals surface area contributed by atoms with Crippen molar-refractivity contribution in [2.24, 2.45) is 7.05 Å². The third-order valence-corrected chi connectivity index (χ3v) is 4.95. The third-order valence-electron chi connectivity index (χ3n) is 3.10. The van der Waals surface area contributed by atoms with Crippen molar-refractivity contribution in [1.82, 2.24) is 19.7 Å². The summed E-state index contributed by atoms with van der Waals surface area (Å²) < 4.78 is 1.79. The largest absolute Gasteiger partial charge is 0.369 e. The molecule has 0 amide bonds. The summed E-state index contributed by atoms with van der Waals surface area (Å²) in [6, 6.07) is 1.33. The van der Waals surface area contributed by atoms with Gasteiger partial charge < -0.3 is 5.32 Å². The number of fused-ring (bicyclic) bond motifs is 1. The topological polar surface area (TPSA) is 55.6 Å². The fourth-order valence-corrected chi connectivity index (χ4v) is 3.33. The number of nitrogens with one attached hydrogen (secondary N) is 1. The predicted molar refractivity (Wildman–Crippen MR) is 82.3 cm³/mol. The molecule has 19 heavy (non-hydrogen) atoms. The summed E-state index contributed by atoms with van der Waals surface area (Å²) in [6.45, 7) is 10.1. The van der Waals surface area contributed by atoms with Crippen molar-refractivity contribution in [1.29, 1.82) is 0 Å². The number of rotatable bonds is 5. The molecule has 2 aromatic heterocycles. The van der Waals surface area contributed by atoms with Crippen molar-refractivity contribution < 1.29 is 0 Å². The van der Waals surface area contributed by atoms with Gasteiger partial charge in [-0.3, -0.25) is 4.68 Å². The van der Waals surface area contributed by atoms with Crippen LogP contribution < -0.4 is 5.32 Å². The molecular weight excluding hydrogens is 254 g/mol. The van der Waals surface area contributed by atoms with E-state index in [-0.39, 0.29) is 0 Å². The van der Waals surface area contributed by atoms with Crippen molar-refractivity contribution in [3.05, 3.63) is 12.0 Å². The smallest absolute Gasteiger partial charge is 0.163 e. The minimum atomic E-state index is -0.945. The number of aromatic nitrogens is 4. The number of hydrogen-bond donors (Lipinski definition) is 1. The fraction of sp³-hybridized carbons (Fsp3) is 0.615. The van der Waals surface area contributed by atoms with Crippen LogP contribution in [0, 0.1) is 6.92 Å². The maximum atomic E-state index is 4.48. The van der Waals surface area contributed by atoms with E-state index in [1.807, 2.05) is 20.2 Å². The van der Waals surface area contributed by atoms with E-state index in [0.29, 0.717) is 0 Å². The van der Waals surface area contributed by atoms with Crippen LogP contribution in [0.25, 0.3) is 11.0 Å². The highest BCUT2D eigenvalue weighted by molar-refractivity contribution is 6.76. The van der Waals surface area contributed by atoms with E-state index in [1.54, 1.807) is 4.68 Å². The second-order valence-electron chi connectivity index (χ2n) is 6.22. The van der Waals surface area contributed by atoms with E-state index in [4.69, 9.17) is 0 Å². The van der Waals surface area contributed by atoms with Crippen molar-refractivity contribution in [3.8, 4) is 0 Å². The van der Waals surface area contributed by atoms with E-state index in [2.05, 4.69) is 40.0 Å². The molecule has 0 spiro atoms. The lowest BCUT2D eigenvalue weighted by molar-refractivity contribution is 0.783. The van der Waals surface area contributed by atoms with Gasteiger partial charge in [-0.15, -0.1) is 0 Å². The molecule has 0 bridgehead atoms. The molecule has 0 aliphatic heterocycles. The summed E-state index contributed by atoms with van der Waals surface area (Å²) in [5.41, 5.74) is 0.889. The second kappa shape index (κ2) is 5.28. The Balaban J connectivity index is 2.08. The lowest BCUT2D eigenvalue weighted by atomic mass is 10.3. The van der Waals surface area contributed by atoms with Gasteiger partial charge in [0.15, 0.2) is 5.65 Å². The highest BCUT2D eigenvalue weighted by Crippen LogP contribution is 2.19. The van der Waals surface area contributed by atoms with Crippen LogP contribution in [0.5, 0.6) is 0 Å².